The number of rotatable bonds is 5. The number of amides is 2. The van der Waals surface area contributed by atoms with E-state index in [2.05, 4.69) is 5.32 Å². The number of carbonyl (C=O) groups is 2. The van der Waals surface area contributed by atoms with Crippen LogP contribution in [-0.4, -0.2) is 18.9 Å². The summed E-state index contributed by atoms with van der Waals surface area (Å²) in [5, 5.41) is 3.10. The highest BCUT2D eigenvalue weighted by atomic mass is 19.1. The van der Waals surface area contributed by atoms with Crippen LogP contribution in [0.1, 0.15) is 16.7 Å². The van der Waals surface area contributed by atoms with Gasteiger partial charge in [0.2, 0.25) is 0 Å². The van der Waals surface area contributed by atoms with Gasteiger partial charge >= 0.3 is 0 Å². The zero-order chi connectivity index (χ0) is 22.1. The van der Waals surface area contributed by atoms with Crippen molar-refractivity contribution in [2.24, 2.45) is 0 Å². The average Bonchev–Trinajstić information content (AvgIpc) is 3.01. The number of hydrogen-bond donors (Lipinski definition) is 1. The van der Waals surface area contributed by atoms with E-state index in [0.29, 0.717) is 17.0 Å². The third-order valence-corrected chi connectivity index (χ3v) is 5.33. The lowest BCUT2D eigenvalue weighted by Gasteiger charge is -2.16. The number of hydrogen-bond acceptors (Lipinski definition) is 4. The number of halogens is 1. The van der Waals surface area contributed by atoms with Gasteiger partial charge < -0.3 is 10.1 Å². The van der Waals surface area contributed by atoms with Crippen LogP contribution in [0.5, 0.6) is 5.75 Å². The van der Waals surface area contributed by atoms with Gasteiger partial charge in [0.25, 0.3) is 11.8 Å². The molecule has 4 rings (SSSR count). The van der Waals surface area contributed by atoms with Crippen LogP contribution in [0.25, 0.3) is 5.57 Å². The van der Waals surface area contributed by atoms with E-state index in [4.69, 9.17) is 4.74 Å². The minimum atomic E-state index is -0.647. The zero-order valence-electron chi connectivity index (χ0n) is 17.4. The van der Waals surface area contributed by atoms with Gasteiger partial charge in [0.05, 0.1) is 18.4 Å². The topological polar surface area (TPSA) is 58.6 Å². The zero-order valence-corrected chi connectivity index (χ0v) is 17.4. The number of ether oxygens (including phenoxy) is 1. The summed E-state index contributed by atoms with van der Waals surface area (Å²) in [6.07, 6.45) is 0. The number of para-hydroxylation sites is 1. The van der Waals surface area contributed by atoms with Gasteiger partial charge in [-0.05, 0) is 66.9 Å². The number of anilines is 2. The molecule has 156 valence electrons. The number of nitrogens with zero attached hydrogens (tertiary/aromatic N) is 1. The van der Waals surface area contributed by atoms with Crippen molar-refractivity contribution < 1.29 is 18.7 Å². The Balaban J connectivity index is 1.83. The van der Waals surface area contributed by atoms with Crippen molar-refractivity contribution in [2.75, 3.05) is 17.3 Å². The number of methoxy groups -OCH3 is 1. The molecule has 2 amide bonds. The van der Waals surface area contributed by atoms with Crippen LogP contribution in [0, 0.1) is 19.7 Å². The van der Waals surface area contributed by atoms with Gasteiger partial charge in [0.1, 0.15) is 17.3 Å². The van der Waals surface area contributed by atoms with Crippen LogP contribution in [-0.2, 0) is 9.59 Å². The first-order valence-corrected chi connectivity index (χ1v) is 9.77. The largest absolute Gasteiger partial charge is 0.497 e. The van der Waals surface area contributed by atoms with Gasteiger partial charge in [-0.1, -0.05) is 30.3 Å². The maximum atomic E-state index is 14.5. The molecule has 0 aliphatic carbocycles. The highest BCUT2D eigenvalue weighted by Crippen LogP contribution is 2.35. The van der Waals surface area contributed by atoms with Gasteiger partial charge in [-0.2, -0.15) is 0 Å². The fraction of sp³-hybridized carbons (Fsp3) is 0.120. The summed E-state index contributed by atoms with van der Waals surface area (Å²) >= 11 is 0. The van der Waals surface area contributed by atoms with Crippen LogP contribution < -0.4 is 15.0 Å². The molecule has 0 saturated carbocycles. The standard InChI is InChI=1S/C25H21FN2O3/c1-15-8-11-18(14-16(15)2)27-23-22(17-9-12-19(31-3)13-10-17)24(29)28(25(23)30)21-7-5-4-6-20(21)26/h4-14,27H,1-3H3. The second-order valence-corrected chi connectivity index (χ2v) is 7.30. The monoisotopic (exact) mass is 416 g/mol. The molecule has 3 aromatic carbocycles. The summed E-state index contributed by atoms with van der Waals surface area (Å²) in [6.45, 7) is 3.96. The molecule has 0 radical (unpaired) electrons. The molecule has 31 heavy (non-hydrogen) atoms. The summed E-state index contributed by atoms with van der Waals surface area (Å²) in [5.74, 6) is -1.23. The molecule has 5 nitrogen and oxygen atoms in total. The first kappa shape index (κ1) is 20.3. The second kappa shape index (κ2) is 8.07. The molecular weight excluding hydrogens is 395 g/mol. The molecular formula is C25H21FN2O3. The minimum absolute atomic E-state index is 0.0830. The van der Waals surface area contributed by atoms with Crippen molar-refractivity contribution in [1.29, 1.82) is 0 Å². The first-order chi connectivity index (χ1) is 14.9. The lowest BCUT2D eigenvalue weighted by Crippen LogP contribution is -2.33. The van der Waals surface area contributed by atoms with Crippen molar-refractivity contribution in [3.8, 4) is 5.75 Å². The van der Waals surface area contributed by atoms with Crippen LogP contribution in [0.4, 0.5) is 15.8 Å². The molecule has 0 spiro atoms. The SMILES string of the molecule is COc1ccc(C2=C(Nc3ccc(C)c(C)c3)C(=O)N(c3ccccc3F)C2=O)cc1. The molecule has 6 heteroatoms. The molecule has 1 aliphatic heterocycles. The highest BCUT2D eigenvalue weighted by molar-refractivity contribution is 6.46. The Morgan fingerprint density at radius 1 is 0.871 bits per heavy atom. The maximum Gasteiger partial charge on any atom is 0.282 e. The Morgan fingerprint density at radius 3 is 2.23 bits per heavy atom. The van der Waals surface area contributed by atoms with Crippen molar-refractivity contribution in [3.05, 3.63) is 94.9 Å². The van der Waals surface area contributed by atoms with Crippen molar-refractivity contribution in [3.63, 3.8) is 0 Å². The normalized spacial score (nSPS) is 13.7. The number of imide groups is 1. The molecule has 0 bridgehead atoms. The molecule has 1 heterocycles. The lowest BCUT2D eigenvalue weighted by molar-refractivity contribution is -0.120. The van der Waals surface area contributed by atoms with Gasteiger partial charge in [0, 0.05) is 5.69 Å². The van der Waals surface area contributed by atoms with Gasteiger partial charge in [-0.25, -0.2) is 9.29 Å². The molecule has 0 saturated heterocycles. The Bertz CT molecular complexity index is 1220. The number of benzene rings is 3. The summed E-state index contributed by atoms with van der Waals surface area (Å²) in [6, 6.07) is 18.2. The van der Waals surface area contributed by atoms with Gasteiger partial charge in [-0.15, -0.1) is 0 Å². The van der Waals surface area contributed by atoms with Crippen LogP contribution in [0.3, 0.4) is 0 Å². The molecule has 1 N–H and O–H groups in total. The molecule has 0 fully saturated rings. The van der Waals surface area contributed by atoms with E-state index in [9.17, 15) is 14.0 Å². The number of carbonyl (C=O) groups excluding carboxylic acids is 2. The first-order valence-electron chi connectivity index (χ1n) is 9.77. The fourth-order valence-electron chi connectivity index (χ4n) is 3.49. The Hall–Kier alpha value is -3.93. The Labute approximate surface area is 179 Å². The molecule has 1 aliphatic rings. The third-order valence-electron chi connectivity index (χ3n) is 5.33. The van der Waals surface area contributed by atoms with E-state index < -0.39 is 17.6 Å². The van der Waals surface area contributed by atoms with E-state index >= 15 is 0 Å². The van der Waals surface area contributed by atoms with E-state index in [1.54, 1.807) is 37.4 Å². The number of nitrogens with one attached hydrogen (secondary N) is 1. The van der Waals surface area contributed by atoms with Crippen LogP contribution in [0.15, 0.2) is 72.4 Å². The van der Waals surface area contributed by atoms with Crippen molar-refractivity contribution >= 4 is 28.8 Å². The van der Waals surface area contributed by atoms with E-state index in [-0.39, 0.29) is 17.0 Å². The molecule has 0 atom stereocenters. The quantitative estimate of drug-likeness (QED) is 0.604. The number of aryl methyl sites for hydroxylation is 2. The Kier molecular flexibility index (Phi) is 5.29. The molecule has 3 aromatic rings. The van der Waals surface area contributed by atoms with Gasteiger partial charge in [0.15, 0.2) is 0 Å². The average molecular weight is 416 g/mol. The third kappa shape index (κ3) is 3.68. The minimum Gasteiger partial charge on any atom is -0.497 e. The van der Waals surface area contributed by atoms with Crippen LogP contribution >= 0.6 is 0 Å². The molecule has 0 aromatic heterocycles. The highest BCUT2D eigenvalue weighted by Gasteiger charge is 2.41. The smallest absolute Gasteiger partial charge is 0.282 e. The van der Waals surface area contributed by atoms with Crippen molar-refractivity contribution in [2.45, 2.75) is 13.8 Å². The summed E-state index contributed by atoms with van der Waals surface area (Å²) < 4.78 is 19.7. The summed E-state index contributed by atoms with van der Waals surface area (Å²) in [4.78, 5) is 27.6. The summed E-state index contributed by atoms with van der Waals surface area (Å²) in [7, 11) is 1.55. The predicted octanol–water partition coefficient (Wildman–Crippen LogP) is 4.85. The maximum absolute atomic E-state index is 14.5. The van der Waals surface area contributed by atoms with E-state index in [1.165, 1.54) is 18.2 Å². The Morgan fingerprint density at radius 2 is 1.58 bits per heavy atom. The lowest BCUT2D eigenvalue weighted by atomic mass is 10.0. The molecule has 0 unspecified atom stereocenters. The van der Waals surface area contributed by atoms with Gasteiger partial charge in [-0.3, -0.25) is 9.59 Å². The van der Waals surface area contributed by atoms with E-state index in [1.807, 2.05) is 32.0 Å². The van der Waals surface area contributed by atoms with E-state index in [0.717, 1.165) is 16.0 Å². The van der Waals surface area contributed by atoms with Crippen LogP contribution in [0.2, 0.25) is 0 Å². The predicted molar refractivity (Wildman–Crippen MR) is 118 cm³/mol. The van der Waals surface area contributed by atoms with Crippen molar-refractivity contribution in [1.82, 2.24) is 0 Å². The summed E-state index contributed by atoms with van der Waals surface area (Å²) in [5.41, 5.74) is 3.54. The fourth-order valence-corrected chi connectivity index (χ4v) is 3.49. The second-order valence-electron chi connectivity index (χ2n) is 7.30.